The quantitative estimate of drug-likeness (QED) is 0.0840. The van der Waals surface area contributed by atoms with Crippen LogP contribution in [-0.4, -0.2) is 30.6 Å². The van der Waals surface area contributed by atoms with Crippen molar-refractivity contribution in [1.82, 2.24) is 0 Å². The smallest absolute Gasteiger partial charge is 0.347 e. The average Bonchev–Trinajstić information content (AvgIpc) is 3.03. The number of esters is 3. The summed E-state index contributed by atoms with van der Waals surface area (Å²) in [6.07, 6.45) is 11.8. The van der Waals surface area contributed by atoms with E-state index in [1.165, 1.54) is 75.3 Å². The van der Waals surface area contributed by atoms with Gasteiger partial charge in [0.15, 0.2) is 6.10 Å². The van der Waals surface area contributed by atoms with Crippen molar-refractivity contribution < 1.29 is 28.6 Å². The van der Waals surface area contributed by atoms with Crippen molar-refractivity contribution in [2.45, 2.75) is 97.5 Å². The molecule has 0 aromatic heterocycles. The normalized spacial score (nSPS) is 11.5. The molecule has 6 nitrogen and oxygen atoms in total. The molecule has 43 heavy (non-hydrogen) atoms. The second-order valence-corrected chi connectivity index (χ2v) is 11.0. The maximum absolute atomic E-state index is 12.7. The van der Waals surface area contributed by atoms with Gasteiger partial charge in [0.25, 0.3) is 0 Å². The average molecular weight is 587 g/mol. The van der Waals surface area contributed by atoms with Gasteiger partial charge >= 0.3 is 17.9 Å². The molecule has 0 unspecified atom stereocenters. The predicted octanol–water partition coefficient (Wildman–Crippen LogP) is 9.14. The fourth-order valence-electron chi connectivity index (χ4n) is 4.69. The van der Waals surface area contributed by atoms with Crippen LogP contribution in [0.4, 0.5) is 0 Å². The van der Waals surface area contributed by atoms with Crippen molar-refractivity contribution in [3.05, 3.63) is 89.5 Å². The van der Waals surface area contributed by atoms with Crippen LogP contribution in [0.3, 0.4) is 0 Å². The molecule has 0 saturated heterocycles. The van der Waals surface area contributed by atoms with Crippen LogP contribution in [0.15, 0.2) is 72.8 Å². The molecule has 0 aliphatic heterocycles. The minimum atomic E-state index is -1.01. The van der Waals surface area contributed by atoms with Gasteiger partial charge in [-0.05, 0) is 79.3 Å². The molecule has 3 aromatic rings. The molecule has 0 radical (unpaired) electrons. The highest BCUT2D eigenvalue weighted by atomic mass is 16.6. The Morgan fingerprint density at radius 3 is 1.74 bits per heavy atom. The summed E-state index contributed by atoms with van der Waals surface area (Å²) < 4.78 is 15.9. The van der Waals surface area contributed by atoms with Crippen LogP contribution in [0.2, 0.25) is 0 Å². The second kappa shape index (κ2) is 18.6. The largest absolute Gasteiger partial charge is 0.463 e. The Hall–Kier alpha value is -3.93. The Balaban J connectivity index is 1.45. The van der Waals surface area contributed by atoms with Crippen LogP contribution in [-0.2, 0) is 20.7 Å². The van der Waals surface area contributed by atoms with Crippen LogP contribution in [0.5, 0.6) is 5.75 Å². The maximum Gasteiger partial charge on any atom is 0.347 e. The standard InChI is InChI=1S/C37H46O6/c1-4-6-8-10-11-12-14-29-15-17-30(18-16-29)31-19-21-32(22-20-31)37(40)43-34-25-23-33(24-26-34)36(39)42-28(3)35(38)41-27-13-9-7-5-2/h15-26,28H,4-14,27H2,1-3H3/t28-/m0/s1. The summed E-state index contributed by atoms with van der Waals surface area (Å²) in [7, 11) is 0. The van der Waals surface area contributed by atoms with Crippen LogP contribution >= 0.6 is 0 Å². The molecule has 6 heteroatoms. The first-order valence-corrected chi connectivity index (χ1v) is 15.8. The first kappa shape index (κ1) is 33.6. The summed E-state index contributed by atoms with van der Waals surface area (Å²) in [4.78, 5) is 37.2. The van der Waals surface area contributed by atoms with Crippen molar-refractivity contribution in [3.8, 4) is 16.9 Å². The lowest BCUT2D eigenvalue weighted by Crippen LogP contribution is -2.26. The molecule has 0 saturated carbocycles. The number of carbonyl (C=O) groups is 3. The highest BCUT2D eigenvalue weighted by Gasteiger charge is 2.20. The molecule has 0 spiro atoms. The van der Waals surface area contributed by atoms with Crippen LogP contribution in [0.25, 0.3) is 11.1 Å². The number of benzene rings is 3. The zero-order chi connectivity index (χ0) is 30.9. The van der Waals surface area contributed by atoms with Crippen molar-refractivity contribution in [2.75, 3.05) is 6.61 Å². The SMILES string of the molecule is CCCCCCCCc1ccc(-c2ccc(C(=O)Oc3ccc(C(=O)O[C@@H](C)C(=O)OCCCCCC)cc3)cc2)cc1. The van der Waals surface area contributed by atoms with Gasteiger partial charge in [0.1, 0.15) is 5.75 Å². The molecule has 0 heterocycles. The summed E-state index contributed by atoms with van der Waals surface area (Å²) in [5.41, 5.74) is 4.14. The number of rotatable bonds is 18. The lowest BCUT2D eigenvalue weighted by Gasteiger charge is -2.13. The molecule has 0 amide bonds. The van der Waals surface area contributed by atoms with E-state index in [9.17, 15) is 14.4 Å². The van der Waals surface area contributed by atoms with Crippen molar-refractivity contribution >= 4 is 17.9 Å². The van der Waals surface area contributed by atoms with E-state index in [0.29, 0.717) is 17.9 Å². The van der Waals surface area contributed by atoms with Gasteiger partial charge in [0.2, 0.25) is 0 Å². The Kier molecular flexibility index (Phi) is 14.5. The van der Waals surface area contributed by atoms with Crippen LogP contribution in [0.1, 0.15) is 111 Å². The van der Waals surface area contributed by atoms with E-state index < -0.39 is 24.0 Å². The topological polar surface area (TPSA) is 78.9 Å². The predicted molar refractivity (Wildman–Crippen MR) is 170 cm³/mol. The molecule has 0 aliphatic carbocycles. The number of hydrogen-bond acceptors (Lipinski definition) is 6. The number of carbonyl (C=O) groups excluding carboxylic acids is 3. The molecular formula is C37H46O6. The van der Waals surface area contributed by atoms with Crippen LogP contribution < -0.4 is 4.74 Å². The summed E-state index contributed by atoms with van der Waals surface area (Å²) in [6.45, 7) is 6.15. The zero-order valence-corrected chi connectivity index (χ0v) is 25.9. The van der Waals surface area contributed by atoms with Gasteiger partial charge in [-0.2, -0.15) is 0 Å². The van der Waals surface area contributed by atoms with Gasteiger partial charge in [0, 0.05) is 0 Å². The van der Waals surface area contributed by atoms with Gasteiger partial charge < -0.3 is 14.2 Å². The summed E-state index contributed by atoms with van der Waals surface area (Å²) >= 11 is 0. The Morgan fingerprint density at radius 1 is 0.605 bits per heavy atom. The Labute approximate surface area is 256 Å². The van der Waals surface area contributed by atoms with E-state index in [1.54, 1.807) is 12.1 Å². The fraction of sp³-hybridized carbons (Fsp3) is 0.432. The minimum absolute atomic E-state index is 0.241. The summed E-state index contributed by atoms with van der Waals surface area (Å²) in [5, 5.41) is 0. The first-order valence-electron chi connectivity index (χ1n) is 15.8. The lowest BCUT2D eigenvalue weighted by molar-refractivity contribution is -0.153. The van der Waals surface area contributed by atoms with Gasteiger partial charge in [-0.1, -0.05) is 102 Å². The lowest BCUT2D eigenvalue weighted by atomic mass is 10.00. The third kappa shape index (κ3) is 11.7. The zero-order valence-electron chi connectivity index (χ0n) is 25.9. The van der Waals surface area contributed by atoms with E-state index >= 15 is 0 Å². The van der Waals surface area contributed by atoms with E-state index in [-0.39, 0.29) is 5.56 Å². The van der Waals surface area contributed by atoms with Crippen molar-refractivity contribution in [1.29, 1.82) is 0 Å². The molecule has 3 rings (SSSR count). The number of ether oxygens (including phenoxy) is 3. The van der Waals surface area contributed by atoms with E-state index in [1.807, 2.05) is 12.1 Å². The molecule has 230 valence electrons. The molecule has 0 fully saturated rings. The highest BCUT2D eigenvalue weighted by Crippen LogP contribution is 2.22. The Bertz CT molecular complexity index is 1260. The maximum atomic E-state index is 12.7. The van der Waals surface area contributed by atoms with Gasteiger partial charge in [-0.3, -0.25) is 0 Å². The van der Waals surface area contributed by atoms with E-state index in [0.717, 1.165) is 43.2 Å². The summed E-state index contributed by atoms with van der Waals surface area (Å²) in [5.74, 6) is -1.42. The minimum Gasteiger partial charge on any atom is -0.463 e. The molecule has 3 aromatic carbocycles. The van der Waals surface area contributed by atoms with Gasteiger partial charge in [-0.15, -0.1) is 0 Å². The third-order valence-electron chi connectivity index (χ3n) is 7.39. The fourth-order valence-corrected chi connectivity index (χ4v) is 4.69. The van der Waals surface area contributed by atoms with E-state index in [2.05, 4.69) is 38.1 Å². The highest BCUT2D eigenvalue weighted by molar-refractivity contribution is 5.93. The first-order chi connectivity index (χ1) is 20.9. The van der Waals surface area contributed by atoms with Crippen molar-refractivity contribution in [3.63, 3.8) is 0 Å². The monoisotopic (exact) mass is 586 g/mol. The third-order valence-corrected chi connectivity index (χ3v) is 7.39. The number of aryl methyl sites for hydroxylation is 1. The molecule has 0 N–H and O–H groups in total. The van der Waals surface area contributed by atoms with Crippen LogP contribution in [0, 0.1) is 0 Å². The number of unbranched alkanes of at least 4 members (excludes halogenated alkanes) is 8. The summed E-state index contributed by atoms with van der Waals surface area (Å²) in [6, 6.07) is 22.0. The van der Waals surface area contributed by atoms with E-state index in [4.69, 9.17) is 14.2 Å². The molecule has 0 bridgehead atoms. The molecule has 0 aliphatic rings. The second-order valence-electron chi connectivity index (χ2n) is 11.0. The molecule has 1 atom stereocenters. The van der Waals surface area contributed by atoms with Crippen molar-refractivity contribution in [2.24, 2.45) is 0 Å². The van der Waals surface area contributed by atoms with Gasteiger partial charge in [0.05, 0.1) is 17.7 Å². The van der Waals surface area contributed by atoms with Gasteiger partial charge in [-0.25, -0.2) is 14.4 Å². The Morgan fingerprint density at radius 2 is 1.12 bits per heavy atom. The number of hydrogen-bond donors (Lipinski definition) is 0. The molecular weight excluding hydrogens is 540 g/mol.